The van der Waals surface area contributed by atoms with E-state index in [1.807, 2.05) is 20.9 Å². The van der Waals surface area contributed by atoms with Crippen LogP contribution in [0.15, 0.2) is 0 Å². The standard InChI is InChI=1S/C13H30N2O2/c1-12(2,14)6-8-16-10-11-17-9-7-13(3,4)15-5/h15H,6-11,14H2,1-5H3. The van der Waals surface area contributed by atoms with Crippen LogP contribution in [0.1, 0.15) is 40.5 Å². The second-order valence-electron chi connectivity index (χ2n) is 5.85. The molecule has 0 aliphatic rings. The van der Waals surface area contributed by atoms with Gasteiger partial charge in [-0.15, -0.1) is 0 Å². The first-order valence-electron chi connectivity index (χ1n) is 6.40. The molecule has 4 heteroatoms. The topological polar surface area (TPSA) is 56.5 Å². The minimum atomic E-state index is -0.141. The van der Waals surface area contributed by atoms with Crippen molar-refractivity contribution in [2.24, 2.45) is 5.73 Å². The van der Waals surface area contributed by atoms with E-state index in [1.54, 1.807) is 0 Å². The fraction of sp³-hybridized carbons (Fsp3) is 1.00. The first kappa shape index (κ1) is 16.8. The van der Waals surface area contributed by atoms with E-state index in [2.05, 4.69) is 19.2 Å². The van der Waals surface area contributed by atoms with E-state index in [1.165, 1.54) is 0 Å². The third-order valence-electron chi connectivity index (χ3n) is 2.81. The number of rotatable bonds is 10. The summed E-state index contributed by atoms with van der Waals surface area (Å²) in [5.41, 5.74) is 5.84. The Morgan fingerprint density at radius 1 is 0.882 bits per heavy atom. The van der Waals surface area contributed by atoms with Crippen LogP contribution in [-0.2, 0) is 9.47 Å². The van der Waals surface area contributed by atoms with E-state index in [0.717, 1.165) is 19.4 Å². The predicted molar refractivity (Wildman–Crippen MR) is 72.3 cm³/mol. The SMILES string of the molecule is CNC(C)(C)CCOCCOCCC(C)(C)N. The van der Waals surface area contributed by atoms with Crippen LogP contribution in [0.2, 0.25) is 0 Å². The zero-order valence-electron chi connectivity index (χ0n) is 12.1. The summed E-state index contributed by atoms with van der Waals surface area (Å²) in [7, 11) is 1.97. The highest BCUT2D eigenvalue weighted by Gasteiger charge is 2.13. The van der Waals surface area contributed by atoms with Gasteiger partial charge in [-0.05, 0) is 47.6 Å². The molecule has 0 atom stereocenters. The van der Waals surface area contributed by atoms with Crippen LogP contribution in [0, 0.1) is 0 Å². The molecule has 0 aromatic rings. The van der Waals surface area contributed by atoms with Crippen LogP contribution >= 0.6 is 0 Å². The molecule has 0 aromatic heterocycles. The molecule has 0 rings (SSSR count). The van der Waals surface area contributed by atoms with Crippen molar-refractivity contribution in [3.05, 3.63) is 0 Å². The Balaban J connectivity index is 3.25. The number of hydrogen-bond donors (Lipinski definition) is 2. The largest absolute Gasteiger partial charge is 0.379 e. The van der Waals surface area contributed by atoms with E-state index in [-0.39, 0.29) is 11.1 Å². The maximum absolute atomic E-state index is 5.84. The van der Waals surface area contributed by atoms with Crippen molar-refractivity contribution in [1.82, 2.24) is 5.32 Å². The monoisotopic (exact) mass is 246 g/mol. The number of ether oxygens (including phenoxy) is 2. The lowest BCUT2D eigenvalue weighted by Gasteiger charge is -2.23. The number of hydrogen-bond acceptors (Lipinski definition) is 4. The van der Waals surface area contributed by atoms with Gasteiger partial charge in [0.15, 0.2) is 0 Å². The molecule has 4 nitrogen and oxygen atoms in total. The van der Waals surface area contributed by atoms with Gasteiger partial charge in [0.1, 0.15) is 0 Å². The summed E-state index contributed by atoms with van der Waals surface area (Å²) >= 11 is 0. The highest BCUT2D eigenvalue weighted by Crippen LogP contribution is 2.06. The summed E-state index contributed by atoms with van der Waals surface area (Å²) in [5, 5.41) is 3.24. The van der Waals surface area contributed by atoms with Crippen LogP contribution in [0.3, 0.4) is 0 Å². The molecular formula is C13H30N2O2. The van der Waals surface area contributed by atoms with E-state index >= 15 is 0 Å². The van der Waals surface area contributed by atoms with Gasteiger partial charge in [-0.3, -0.25) is 0 Å². The molecule has 0 saturated carbocycles. The van der Waals surface area contributed by atoms with Crippen molar-refractivity contribution in [3.8, 4) is 0 Å². The molecule has 0 unspecified atom stereocenters. The Kier molecular flexibility index (Phi) is 7.96. The zero-order valence-corrected chi connectivity index (χ0v) is 12.1. The molecule has 0 aliphatic heterocycles. The Morgan fingerprint density at radius 2 is 1.35 bits per heavy atom. The Bertz CT molecular complexity index is 188. The zero-order chi connectivity index (χ0) is 13.4. The summed E-state index contributed by atoms with van der Waals surface area (Å²) in [6.45, 7) is 11.1. The van der Waals surface area contributed by atoms with Crippen molar-refractivity contribution in [2.75, 3.05) is 33.5 Å². The molecule has 0 fully saturated rings. The van der Waals surface area contributed by atoms with Crippen molar-refractivity contribution in [3.63, 3.8) is 0 Å². The lowest BCUT2D eigenvalue weighted by Crippen LogP contribution is -2.37. The number of nitrogens with two attached hydrogens (primary N) is 1. The third kappa shape index (κ3) is 12.1. The molecule has 0 amide bonds. The van der Waals surface area contributed by atoms with Gasteiger partial charge >= 0.3 is 0 Å². The van der Waals surface area contributed by atoms with E-state index in [0.29, 0.717) is 19.8 Å². The van der Waals surface area contributed by atoms with Gasteiger partial charge in [-0.25, -0.2) is 0 Å². The molecular weight excluding hydrogens is 216 g/mol. The molecule has 3 N–H and O–H groups in total. The summed E-state index contributed by atoms with van der Waals surface area (Å²) < 4.78 is 11.0. The minimum Gasteiger partial charge on any atom is -0.379 e. The summed E-state index contributed by atoms with van der Waals surface area (Å²) in [6, 6.07) is 0. The van der Waals surface area contributed by atoms with Crippen LogP contribution < -0.4 is 11.1 Å². The Hall–Kier alpha value is -0.160. The van der Waals surface area contributed by atoms with Gasteiger partial charge in [0.25, 0.3) is 0 Å². The maximum Gasteiger partial charge on any atom is 0.0700 e. The van der Waals surface area contributed by atoms with Crippen molar-refractivity contribution < 1.29 is 9.47 Å². The number of nitrogens with one attached hydrogen (secondary N) is 1. The third-order valence-corrected chi connectivity index (χ3v) is 2.81. The van der Waals surface area contributed by atoms with Gasteiger partial charge in [-0.1, -0.05) is 0 Å². The van der Waals surface area contributed by atoms with Crippen LogP contribution in [0.25, 0.3) is 0 Å². The molecule has 0 heterocycles. The average molecular weight is 246 g/mol. The summed E-state index contributed by atoms with van der Waals surface area (Å²) in [4.78, 5) is 0. The van der Waals surface area contributed by atoms with E-state index in [4.69, 9.17) is 15.2 Å². The van der Waals surface area contributed by atoms with Crippen molar-refractivity contribution in [2.45, 2.75) is 51.6 Å². The second kappa shape index (κ2) is 8.03. The fourth-order valence-electron chi connectivity index (χ4n) is 1.11. The van der Waals surface area contributed by atoms with E-state index < -0.39 is 0 Å². The maximum atomic E-state index is 5.84. The lowest BCUT2D eigenvalue weighted by atomic mass is 10.0. The average Bonchev–Trinajstić information content (AvgIpc) is 2.20. The highest BCUT2D eigenvalue weighted by atomic mass is 16.5. The molecule has 0 saturated heterocycles. The van der Waals surface area contributed by atoms with E-state index in [9.17, 15) is 0 Å². The summed E-state index contributed by atoms with van der Waals surface area (Å²) in [5.74, 6) is 0. The normalized spacial score (nSPS) is 13.1. The van der Waals surface area contributed by atoms with Crippen LogP contribution in [0.5, 0.6) is 0 Å². The van der Waals surface area contributed by atoms with Gasteiger partial charge in [0.05, 0.1) is 13.2 Å². The van der Waals surface area contributed by atoms with Gasteiger partial charge in [0.2, 0.25) is 0 Å². The minimum absolute atomic E-state index is 0.141. The molecule has 0 aliphatic carbocycles. The van der Waals surface area contributed by atoms with Gasteiger partial charge in [0, 0.05) is 24.3 Å². The van der Waals surface area contributed by atoms with Crippen molar-refractivity contribution >= 4 is 0 Å². The first-order chi connectivity index (χ1) is 7.77. The Morgan fingerprint density at radius 3 is 1.76 bits per heavy atom. The lowest BCUT2D eigenvalue weighted by molar-refractivity contribution is 0.0365. The molecule has 17 heavy (non-hydrogen) atoms. The fourth-order valence-corrected chi connectivity index (χ4v) is 1.11. The van der Waals surface area contributed by atoms with Crippen molar-refractivity contribution in [1.29, 1.82) is 0 Å². The predicted octanol–water partition coefficient (Wildman–Crippen LogP) is 1.54. The second-order valence-corrected chi connectivity index (χ2v) is 5.85. The first-order valence-corrected chi connectivity index (χ1v) is 6.40. The highest BCUT2D eigenvalue weighted by molar-refractivity contribution is 4.74. The smallest absolute Gasteiger partial charge is 0.0700 e. The van der Waals surface area contributed by atoms with Crippen LogP contribution in [0.4, 0.5) is 0 Å². The molecule has 0 bridgehead atoms. The molecule has 0 spiro atoms. The Labute approximate surface area is 106 Å². The van der Waals surface area contributed by atoms with Gasteiger partial charge < -0.3 is 20.5 Å². The van der Waals surface area contributed by atoms with Crippen LogP contribution in [-0.4, -0.2) is 44.6 Å². The molecule has 104 valence electrons. The quantitative estimate of drug-likeness (QED) is 0.574. The summed E-state index contributed by atoms with van der Waals surface area (Å²) in [6.07, 6.45) is 1.87. The van der Waals surface area contributed by atoms with Gasteiger partial charge in [-0.2, -0.15) is 0 Å². The molecule has 0 aromatic carbocycles. The molecule has 0 radical (unpaired) electrons.